The first-order valence-corrected chi connectivity index (χ1v) is 6.50. The van der Waals surface area contributed by atoms with Gasteiger partial charge in [0.05, 0.1) is 0 Å². The Balaban J connectivity index is 4.41. The average molecular weight is 247 g/mol. The summed E-state index contributed by atoms with van der Waals surface area (Å²) in [5, 5.41) is 14.7. The van der Waals surface area contributed by atoms with Crippen LogP contribution in [0.4, 0.5) is 0 Å². The molecule has 0 aromatic heterocycles. The minimum absolute atomic E-state index is 0.000450. The van der Waals surface area contributed by atoms with Crippen LogP contribution in [-0.4, -0.2) is 35.0 Å². The summed E-state index contributed by atoms with van der Waals surface area (Å²) < 4.78 is 0. The van der Waals surface area contributed by atoms with Crippen molar-refractivity contribution in [3.05, 3.63) is 0 Å². The second kappa shape index (κ2) is 7.38. The number of hydrogen-bond donors (Lipinski definition) is 3. The molecule has 0 aliphatic carbocycles. The first kappa shape index (κ1) is 15.1. The first-order chi connectivity index (χ1) is 7.43. The summed E-state index contributed by atoms with van der Waals surface area (Å²) in [5.41, 5.74) is 5.49. The summed E-state index contributed by atoms with van der Waals surface area (Å²) in [6.07, 6.45) is 1.99. The zero-order chi connectivity index (χ0) is 12.7. The van der Waals surface area contributed by atoms with E-state index in [0.29, 0.717) is 11.8 Å². The maximum Gasteiger partial charge on any atom is 0.231 e. The smallest absolute Gasteiger partial charge is 0.231 e. The zero-order valence-corrected chi connectivity index (χ0v) is 11.0. The molecule has 0 aliphatic heterocycles. The fourth-order valence-corrected chi connectivity index (χ4v) is 1.53. The number of oxime groups is 1. The van der Waals surface area contributed by atoms with E-state index in [1.165, 1.54) is 0 Å². The molecule has 2 unspecified atom stereocenters. The van der Waals surface area contributed by atoms with E-state index in [0.717, 1.165) is 0 Å². The first-order valence-electron chi connectivity index (χ1n) is 5.21. The van der Waals surface area contributed by atoms with Crippen LogP contribution in [0, 0.1) is 11.8 Å². The van der Waals surface area contributed by atoms with E-state index in [1.807, 2.05) is 27.0 Å². The highest BCUT2D eigenvalue weighted by atomic mass is 32.2. The van der Waals surface area contributed by atoms with Crippen molar-refractivity contribution in [2.75, 3.05) is 12.8 Å². The van der Waals surface area contributed by atoms with Crippen LogP contribution in [0.15, 0.2) is 5.16 Å². The fraction of sp³-hybridized carbons (Fsp3) is 0.800. The van der Waals surface area contributed by atoms with E-state index in [4.69, 9.17) is 10.9 Å². The average Bonchev–Trinajstić information content (AvgIpc) is 2.25. The third-order valence-electron chi connectivity index (χ3n) is 2.35. The van der Waals surface area contributed by atoms with Crippen LogP contribution in [0.3, 0.4) is 0 Å². The number of nitrogens with one attached hydrogen (secondary N) is 1. The zero-order valence-electron chi connectivity index (χ0n) is 10.2. The number of carbonyl (C=O) groups is 1. The van der Waals surface area contributed by atoms with E-state index in [1.54, 1.807) is 11.8 Å². The Bertz CT molecular complexity index is 256. The normalized spacial score (nSPS) is 15.9. The molecule has 2 atom stereocenters. The molecule has 0 aromatic carbocycles. The van der Waals surface area contributed by atoms with Crippen molar-refractivity contribution in [1.29, 1.82) is 0 Å². The molecule has 5 nitrogen and oxygen atoms in total. The molecule has 0 bridgehead atoms. The molecule has 0 aliphatic rings. The lowest BCUT2D eigenvalue weighted by Crippen LogP contribution is -2.43. The molecule has 6 heteroatoms. The maximum absolute atomic E-state index is 11.8. The van der Waals surface area contributed by atoms with Gasteiger partial charge >= 0.3 is 0 Å². The predicted molar refractivity (Wildman–Crippen MR) is 67.7 cm³/mol. The van der Waals surface area contributed by atoms with E-state index in [2.05, 4.69) is 10.5 Å². The van der Waals surface area contributed by atoms with Gasteiger partial charge in [-0.1, -0.05) is 25.9 Å². The monoisotopic (exact) mass is 247 g/mol. The van der Waals surface area contributed by atoms with Crippen LogP contribution in [0.5, 0.6) is 0 Å². The van der Waals surface area contributed by atoms with Crippen molar-refractivity contribution in [2.24, 2.45) is 22.7 Å². The summed E-state index contributed by atoms with van der Waals surface area (Å²) in [6, 6.07) is 0. The third-order valence-corrected chi connectivity index (χ3v) is 3.32. The minimum atomic E-state index is -0.570. The van der Waals surface area contributed by atoms with Gasteiger partial charge in [0, 0.05) is 11.8 Å². The number of nitrogens with zero attached hydrogens (tertiary/aromatic N) is 1. The number of nitrogens with two attached hydrogens (primary N) is 1. The number of thioether (sulfide) groups is 1. The van der Waals surface area contributed by atoms with Gasteiger partial charge in [0.1, 0.15) is 5.92 Å². The van der Waals surface area contributed by atoms with Crippen LogP contribution in [0.25, 0.3) is 0 Å². The van der Waals surface area contributed by atoms with Crippen LogP contribution < -0.4 is 11.1 Å². The molecule has 94 valence electrons. The molecule has 0 spiro atoms. The quantitative estimate of drug-likeness (QED) is 0.281. The molecule has 0 rings (SSSR count). The molecule has 0 fully saturated rings. The van der Waals surface area contributed by atoms with Crippen molar-refractivity contribution in [3.8, 4) is 0 Å². The highest BCUT2D eigenvalue weighted by Crippen LogP contribution is 2.11. The van der Waals surface area contributed by atoms with Gasteiger partial charge in [-0.05, 0) is 12.2 Å². The number of hydrogen-bond acceptors (Lipinski definition) is 4. The van der Waals surface area contributed by atoms with E-state index in [-0.39, 0.29) is 17.7 Å². The Morgan fingerprint density at radius 2 is 2.06 bits per heavy atom. The standard InChI is InChI=1S/C10H21N3O2S/c1-6(2)8(9(11)13-15)10(14)12-5-7(3)16-4/h6-8,15H,5H2,1-4H3,(H2,11,13)(H,12,14). The summed E-state index contributed by atoms with van der Waals surface area (Å²) in [7, 11) is 0. The van der Waals surface area contributed by atoms with Crippen molar-refractivity contribution in [3.63, 3.8) is 0 Å². The topological polar surface area (TPSA) is 87.7 Å². The molecule has 0 aromatic rings. The lowest BCUT2D eigenvalue weighted by Gasteiger charge is -2.19. The lowest BCUT2D eigenvalue weighted by molar-refractivity contribution is -0.124. The Morgan fingerprint density at radius 1 is 1.50 bits per heavy atom. The second-order valence-corrected chi connectivity index (χ2v) is 5.31. The highest BCUT2D eigenvalue weighted by Gasteiger charge is 2.26. The predicted octanol–water partition coefficient (Wildman–Crippen LogP) is 0.873. The number of rotatable bonds is 6. The van der Waals surface area contributed by atoms with Crippen LogP contribution in [0.2, 0.25) is 0 Å². The van der Waals surface area contributed by atoms with Crippen molar-refractivity contribution in [2.45, 2.75) is 26.0 Å². The Labute approximate surface area is 101 Å². The fourth-order valence-electron chi connectivity index (χ4n) is 1.28. The number of amidine groups is 1. The molecule has 4 N–H and O–H groups in total. The lowest BCUT2D eigenvalue weighted by atomic mass is 9.94. The van der Waals surface area contributed by atoms with Gasteiger partial charge in [-0.3, -0.25) is 4.79 Å². The summed E-state index contributed by atoms with van der Waals surface area (Å²) >= 11 is 1.68. The van der Waals surface area contributed by atoms with Crippen LogP contribution >= 0.6 is 11.8 Å². The SMILES string of the molecule is CSC(C)CNC(=O)C(C(N)=NO)C(C)C. The molecule has 1 amide bonds. The largest absolute Gasteiger partial charge is 0.409 e. The molecule has 0 saturated carbocycles. The molecule has 0 radical (unpaired) electrons. The second-order valence-electron chi connectivity index (χ2n) is 4.04. The Hall–Kier alpha value is -0.910. The van der Waals surface area contributed by atoms with Crippen molar-refractivity contribution < 1.29 is 10.0 Å². The molecular formula is C10H21N3O2S. The maximum atomic E-state index is 11.8. The van der Waals surface area contributed by atoms with Crippen LogP contribution in [0.1, 0.15) is 20.8 Å². The van der Waals surface area contributed by atoms with Crippen molar-refractivity contribution in [1.82, 2.24) is 5.32 Å². The van der Waals surface area contributed by atoms with E-state index < -0.39 is 5.92 Å². The number of amides is 1. The molecular weight excluding hydrogens is 226 g/mol. The minimum Gasteiger partial charge on any atom is -0.409 e. The molecule has 0 saturated heterocycles. The van der Waals surface area contributed by atoms with Crippen molar-refractivity contribution >= 4 is 23.5 Å². The van der Waals surface area contributed by atoms with Gasteiger partial charge in [-0.2, -0.15) is 11.8 Å². The highest BCUT2D eigenvalue weighted by molar-refractivity contribution is 7.99. The Morgan fingerprint density at radius 3 is 2.44 bits per heavy atom. The van der Waals surface area contributed by atoms with E-state index >= 15 is 0 Å². The molecule has 0 heterocycles. The molecule has 16 heavy (non-hydrogen) atoms. The third kappa shape index (κ3) is 4.74. The summed E-state index contributed by atoms with van der Waals surface area (Å²) in [5.74, 6) is -0.796. The van der Waals surface area contributed by atoms with Gasteiger partial charge in [0.15, 0.2) is 5.84 Å². The van der Waals surface area contributed by atoms with Crippen LogP contribution in [-0.2, 0) is 4.79 Å². The van der Waals surface area contributed by atoms with Gasteiger partial charge in [0.25, 0.3) is 0 Å². The van der Waals surface area contributed by atoms with Gasteiger partial charge in [0.2, 0.25) is 5.91 Å². The van der Waals surface area contributed by atoms with Gasteiger partial charge in [-0.15, -0.1) is 0 Å². The number of carbonyl (C=O) groups excluding carboxylic acids is 1. The Kier molecular flexibility index (Phi) is 6.96. The van der Waals surface area contributed by atoms with E-state index in [9.17, 15) is 4.79 Å². The summed E-state index contributed by atoms with van der Waals surface area (Å²) in [6.45, 7) is 6.33. The van der Waals surface area contributed by atoms with Gasteiger partial charge in [-0.25, -0.2) is 0 Å². The summed E-state index contributed by atoms with van der Waals surface area (Å²) in [4.78, 5) is 11.8. The van der Waals surface area contributed by atoms with Gasteiger partial charge < -0.3 is 16.3 Å².